The van der Waals surface area contributed by atoms with E-state index in [4.69, 9.17) is 0 Å². The fourth-order valence-corrected chi connectivity index (χ4v) is 1.11. The fourth-order valence-electron chi connectivity index (χ4n) is 0.768. The molecule has 66 valence electrons. The van der Waals surface area contributed by atoms with Crippen LogP contribution in [0.4, 0.5) is 0 Å². The first-order valence-corrected chi connectivity index (χ1v) is 4.73. The van der Waals surface area contributed by atoms with Crippen molar-refractivity contribution in [1.82, 2.24) is 4.72 Å². The van der Waals surface area contributed by atoms with Crippen LogP contribution in [0.15, 0.2) is 30.3 Å². The number of hydrogen-bond acceptors (Lipinski definition) is 3. The van der Waals surface area contributed by atoms with Gasteiger partial charge in [-0.1, -0.05) is 30.3 Å². The zero-order valence-corrected chi connectivity index (χ0v) is 10.0. The van der Waals surface area contributed by atoms with E-state index in [1.165, 1.54) is 0 Å². The van der Waals surface area contributed by atoms with Gasteiger partial charge in [-0.15, -0.1) is 0 Å². The summed E-state index contributed by atoms with van der Waals surface area (Å²) >= 11 is 0. The second-order valence-corrected chi connectivity index (χ2v) is 3.46. The van der Waals surface area contributed by atoms with Gasteiger partial charge >= 0.3 is 29.6 Å². The van der Waals surface area contributed by atoms with Crippen LogP contribution in [0, 0.1) is 0 Å². The van der Waals surface area contributed by atoms with Crippen molar-refractivity contribution in [2.45, 2.75) is 6.54 Å². The maximum absolute atomic E-state index is 10.1. The van der Waals surface area contributed by atoms with Gasteiger partial charge in [-0.25, -0.2) is 13.1 Å². The molecule has 0 heterocycles. The maximum Gasteiger partial charge on any atom is 1.00 e. The fraction of sp³-hybridized carbons (Fsp3) is 0.143. The molecule has 0 atom stereocenters. The van der Waals surface area contributed by atoms with Crippen molar-refractivity contribution >= 4 is 10.3 Å². The molecule has 1 aromatic rings. The van der Waals surface area contributed by atoms with Crippen molar-refractivity contribution in [2.24, 2.45) is 0 Å². The van der Waals surface area contributed by atoms with Gasteiger partial charge in [0, 0.05) is 6.54 Å². The van der Waals surface area contributed by atoms with Crippen molar-refractivity contribution < 1.29 is 42.5 Å². The first kappa shape index (κ1) is 13.1. The van der Waals surface area contributed by atoms with Crippen LogP contribution in [0.5, 0.6) is 0 Å². The third kappa shape index (κ3) is 6.20. The molecule has 1 rings (SSSR count). The molecule has 0 aliphatic heterocycles. The smallest absolute Gasteiger partial charge is 0.735 e. The summed E-state index contributed by atoms with van der Waals surface area (Å²) in [5, 5.41) is 0. The van der Waals surface area contributed by atoms with E-state index in [0.717, 1.165) is 5.56 Å². The topological polar surface area (TPSA) is 69.2 Å². The minimum atomic E-state index is -4.32. The summed E-state index contributed by atoms with van der Waals surface area (Å²) in [6.45, 7) is 0.0483. The van der Waals surface area contributed by atoms with E-state index in [9.17, 15) is 13.0 Å². The van der Waals surface area contributed by atoms with Crippen molar-refractivity contribution in [3.05, 3.63) is 35.9 Å². The predicted octanol–water partition coefficient (Wildman–Crippen LogP) is -2.76. The molecule has 0 spiro atoms. The number of hydrogen-bond donors (Lipinski definition) is 1. The second-order valence-electron chi connectivity index (χ2n) is 2.26. The number of rotatable bonds is 3. The first-order valence-electron chi connectivity index (χ1n) is 3.32. The van der Waals surface area contributed by atoms with Crippen molar-refractivity contribution in [2.75, 3.05) is 0 Å². The minimum absolute atomic E-state index is 0. The van der Waals surface area contributed by atoms with Crippen LogP contribution >= 0.6 is 0 Å². The summed E-state index contributed by atoms with van der Waals surface area (Å²) in [5.41, 5.74) is 0.761. The summed E-state index contributed by atoms with van der Waals surface area (Å²) in [6.07, 6.45) is 0. The van der Waals surface area contributed by atoms with Crippen LogP contribution in [-0.2, 0) is 16.8 Å². The monoisotopic (exact) mass is 209 g/mol. The molecule has 0 aromatic heterocycles. The molecule has 0 saturated heterocycles. The SMILES string of the molecule is O=S(=O)([O-])NCc1ccccc1.[Na+]. The standard InChI is InChI=1S/C7H9NO3S.Na/c9-12(10,11)8-6-7-4-2-1-3-5-7;/h1-5,8H,6H2,(H,9,10,11);/q;+1/p-1. The van der Waals surface area contributed by atoms with E-state index in [-0.39, 0.29) is 36.1 Å². The van der Waals surface area contributed by atoms with E-state index < -0.39 is 10.3 Å². The Hall–Kier alpha value is 0.0900. The third-order valence-corrected chi connectivity index (χ3v) is 1.79. The Bertz CT molecular complexity index is 338. The number of benzene rings is 1. The Morgan fingerprint density at radius 1 is 1.23 bits per heavy atom. The first-order chi connectivity index (χ1) is 5.58. The van der Waals surface area contributed by atoms with Crippen LogP contribution < -0.4 is 34.3 Å². The van der Waals surface area contributed by atoms with Gasteiger partial charge in [0.25, 0.3) is 0 Å². The molecule has 0 radical (unpaired) electrons. The molecule has 0 bridgehead atoms. The van der Waals surface area contributed by atoms with Crippen molar-refractivity contribution in [1.29, 1.82) is 0 Å². The second kappa shape index (κ2) is 5.74. The van der Waals surface area contributed by atoms with E-state index in [1.54, 1.807) is 24.3 Å². The molecule has 0 fully saturated rings. The molecule has 1 aromatic carbocycles. The Morgan fingerprint density at radius 2 is 1.77 bits per heavy atom. The summed E-state index contributed by atoms with van der Waals surface area (Å²) in [5.74, 6) is 0. The average molecular weight is 209 g/mol. The Morgan fingerprint density at radius 3 is 2.23 bits per heavy atom. The Labute approximate surface area is 99.5 Å². The van der Waals surface area contributed by atoms with E-state index in [1.807, 2.05) is 10.8 Å². The quantitative estimate of drug-likeness (QED) is 0.433. The molecule has 0 unspecified atom stereocenters. The number of nitrogens with one attached hydrogen (secondary N) is 1. The summed E-state index contributed by atoms with van der Waals surface area (Å²) in [4.78, 5) is 0. The third-order valence-electron chi connectivity index (χ3n) is 1.30. The maximum atomic E-state index is 10.1. The van der Waals surface area contributed by atoms with Crippen LogP contribution in [0.3, 0.4) is 0 Å². The van der Waals surface area contributed by atoms with Crippen LogP contribution in [0.2, 0.25) is 0 Å². The minimum Gasteiger partial charge on any atom is -0.735 e. The Balaban J connectivity index is 0.00000144. The molecule has 0 saturated carbocycles. The molecule has 13 heavy (non-hydrogen) atoms. The predicted molar refractivity (Wildman–Crippen MR) is 43.0 cm³/mol. The van der Waals surface area contributed by atoms with Gasteiger partial charge in [0.1, 0.15) is 0 Å². The molecular weight excluding hydrogens is 201 g/mol. The summed E-state index contributed by atoms with van der Waals surface area (Å²) < 4.78 is 32.3. The summed E-state index contributed by atoms with van der Waals surface area (Å²) in [7, 11) is -4.32. The van der Waals surface area contributed by atoms with Gasteiger partial charge in [0.05, 0.1) is 0 Å². The molecule has 1 N–H and O–H groups in total. The van der Waals surface area contributed by atoms with Crippen LogP contribution in [0.25, 0.3) is 0 Å². The molecule has 0 amide bonds. The van der Waals surface area contributed by atoms with Gasteiger partial charge in [-0.2, -0.15) is 0 Å². The molecule has 0 aliphatic rings. The molecule has 4 nitrogen and oxygen atoms in total. The van der Waals surface area contributed by atoms with E-state index in [0.29, 0.717) is 0 Å². The van der Waals surface area contributed by atoms with E-state index >= 15 is 0 Å². The largest absolute Gasteiger partial charge is 1.00 e. The Kier molecular flexibility index (Phi) is 5.78. The summed E-state index contributed by atoms with van der Waals surface area (Å²) in [6, 6.07) is 8.83. The van der Waals surface area contributed by atoms with Crippen molar-refractivity contribution in [3.63, 3.8) is 0 Å². The van der Waals surface area contributed by atoms with Gasteiger partial charge in [0.15, 0.2) is 10.3 Å². The molecule has 6 heteroatoms. The zero-order valence-electron chi connectivity index (χ0n) is 7.23. The van der Waals surface area contributed by atoms with Gasteiger partial charge in [-0.3, -0.25) is 0 Å². The van der Waals surface area contributed by atoms with Crippen LogP contribution in [0.1, 0.15) is 5.56 Å². The van der Waals surface area contributed by atoms with Gasteiger partial charge < -0.3 is 4.55 Å². The van der Waals surface area contributed by atoms with Crippen LogP contribution in [-0.4, -0.2) is 13.0 Å². The van der Waals surface area contributed by atoms with Crippen molar-refractivity contribution in [3.8, 4) is 0 Å². The average Bonchev–Trinajstić information content (AvgIpc) is 2.02. The van der Waals surface area contributed by atoms with Gasteiger partial charge in [-0.05, 0) is 5.56 Å². The normalized spacial score (nSPS) is 10.5. The van der Waals surface area contributed by atoms with E-state index in [2.05, 4.69) is 0 Å². The molecular formula is C7H8NNaO3S. The van der Waals surface area contributed by atoms with Gasteiger partial charge in [0.2, 0.25) is 0 Å². The zero-order chi connectivity index (χ0) is 9.03. The molecule has 0 aliphatic carbocycles.